The monoisotopic (exact) mass is 289 g/mol. The average Bonchev–Trinajstić information content (AvgIpc) is 2.31. The van der Waals surface area contributed by atoms with Crippen LogP contribution in [0.2, 0.25) is 5.02 Å². The summed E-state index contributed by atoms with van der Waals surface area (Å²) in [6.07, 6.45) is 0. The molecule has 100 valence electrons. The number of benzene rings is 2. The molecule has 6 heteroatoms. The largest absolute Gasteiger partial charge is 0.376 e. The molecule has 0 fully saturated rings. The minimum absolute atomic E-state index is 0.0762. The van der Waals surface area contributed by atoms with Crippen LogP contribution in [-0.4, -0.2) is 0 Å². The quantitative estimate of drug-likeness (QED) is 0.820. The van der Waals surface area contributed by atoms with E-state index >= 15 is 0 Å². The topological polar surface area (TPSA) is 12.0 Å². The van der Waals surface area contributed by atoms with Crippen molar-refractivity contribution in [2.24, 2.45) is 0 Å². The predicted molar refractivity (Wildman–Crippen MR) is 65.1 cm³/mol. The number of anilines is 1. The highest BCUT2D eigenvalue weighted by molar-refractivity contribution is 6.31. The number of nitrogens with one attached hydrogen (secondary N) is 1. The highest BCUT2D eigenvalue weighted by Crippen LogP contribution is 2.24. The van der Waals surface area contributed by atoms with E-state index in [1.807, 2.05) is 0 Å². The van der Waals surface area contributed by atoms with Crippen molar-refractivity contribution < 1.29 is 17.6 Å². The summed E-state index contributed by atoms with van der Waals surface area (Å²) in [6, 6.07) is 5.13. The second kappa shape index (κ2) is 5.48. The molecular formula is C13H8ClF4N. The first kappa shape index (κ1) is 13.7. The first-order valence-electron chi connectivity index (χ1n) is 5.30. The van der Waals surface area contributed by atoms with Crippen LogP contribution in [0.5, 0.6) is 0 Å². The second-order valence-electron chi connectivity index (χ2n) is 3.80. The van der Waals surface area contributed by atoms with Crippen molar-refractivity contribution >= 4 is 17.3 Å². The number of rotatable bonds is 3. The van der Waals surface area contributed by atoms with E-state index in [0.29, 0.717) is 12.1 Å². The Bertz CT molecular complexity index is 572. The minimum atomic E-state index is -1.09. The number of hydrogen-bond acceptors (Lipinski definition) is 1. The maximum atomic E-state index is 13.4. The van der Waals surface area contributed by atoms with E-state index in [1.54, 1.807) is 0 Å². The summed E-state index contributed by atoms with van der Waals surface area (Å²) in [5.41, 5.74) is -0.451. The summed E-state index contributed by atoms with van der Waals surface area (Å²) in [7, 11) is 0. The molecule has 0 unspecified atom stereocenters. The second-order valence-corrected chi connectivity index (χ2v) is 4.21. The van der Waals surface area contributed by atoms with Crippen LogP contribution >= 0.6 is 11.6 Å². The molecule has 0 saturated heterocycles. The lowest BCUT2D eigenvalue weighted by Gasteiger charge is -2.10. The molecule has 0 bridgehead atoms. The highest BCUT2D eigenvalue weighted by atomic mass is 35.5. The van der Waals surface area contributed by atoms with E-state index in [4.69, 9.17) is 11.6 Å². The number of hydrogen-bond donors (Lipinski definition) is 1. The zero-order chi connectivity index (χ0) is 14.0. The van der Waals surface area contributed by atoms with Crippen LogP contribution in [0.1, 0.15) is 5.56 Å². The standard InChI is InChI=1S/C13H8ClF4N/c14-9-2-1-3-10(16)8(9)6-19-13-11(17)4-7(15)5-12(13)18/h1-5,19H,6H2. The predicted octanol–water partition coefficient (Wildman–Crippen LogP) is 4.51. The van der Waals surface area contributed by atoms with Gasteiger partial charge in [-0.2, -0.15) is 0 Å². The molecule has 1 N–H and O–H groups in total. The van der Waals surface area contributed by atoms with Crippen molar-refractivity contribution in [1.82, 2.24) is 0 Å². The van der Waals surface area contributed by atoms with Crippen molar-refractivity contribution in [2.45, 2.75) is 6.54 Å². The molecule has 0 spiro atoms. The fourth-order valence-electron chi connectivity index (χ4n) is 1.59. The molecule has 0 saturated carbocycles. The summed E-state index contributed by atoms with van der Waals surface area (Å²) >= 11 is 5.77. The van der Waals surface area contributed by atoms with Crippen LogP contribution in [0.4, 0.5) is 23.2 Å². The molecule has 0 aromatic heterocycles. The number of halogens is 5. The Morgan fingerprint density at radius 2 is 1.58 bits per heavy atom. The summed E-state index contributed by atoms with van der Waals surface area (Å²) in [4.78, 5) is 0. The molecule has 0 heterocycles. The third-order valence-corrected chi connectivity index (χ3v) is 2.86. The Morgan fingerprint density at radius 1 is 0.947 bits per heavy atom. The SMILES string of the molecule is Fc1cc(F)c(NCc2c(F)cccc2Cl)c(F)c1. The highest BCUT2D eigenvalue weighted by Gasteiger charge is 2.13. The lowest BCUT2D eigenvalue weighted by molar-refractivity contribution is 0.546. The molecule has 0 aliphatic rings. The van der Waals surface area contributed by atoms with E-state index < -0.39 is 29.0 Å². The van der Waals surface area contributed by atoms with E-state index in [2.05, 4.69) is 5.32 Å². The first-order valence-corrected chi connectivity index (χ1v) is 5.68. The summed E-state index contributed by atoms with van der Waals surface area (Å²) < 4.78 is 52.8. The van der Waals surface area contributed by atoms with Gasteiger partial charge in [0.1, 0.15) is 17.3 Å². The van der Waals surface area contributed by atoms with E-state index in [0.717, 1.165) is 0 Å². The van der Waals surface area contributed by atoms with Gasteiger partial charge in [0.15, 0.2) is 11.6 Å². The first-order chi connectivity index (χ1) is 8.99. The van der Waals surface area contributed by atoms with Crippen molar-refractivity contribution in [2.75, 3.05) is 5.32 Å². The Labute approximate surface area is 111 Å². The van der Waals surface area contributed by atoms with Gasteiger partial charge in [-0.1, -0.05) is 17.7 Å². The normalized spacial score (nSPS) is 10.6. The van der Waals surface area contributed by atoms with Crippen molar-refractivity contribution in [3.05, 3.63) is 64.2 Å². The molecule has 0 aliphatic heterocycles. The molecule has 0 atom stereocenters. The zero-order valence-electron chi connectivity index (χ0n) is 9.48. The average molecular weight is 290 g/mol. The molecule has 2 rings (SSSR count). The molecule has 0 aliphatic carbocycles. The molecule has 2 aromatic rings. The van der Waals surface area contributed by atoms with Crippen LogP contribution in [0.25, 0.3) is 0 Å². The molecular weight excluding hydrogens is 282 g/mol. The Kier molecular flexibility index (Phi) is 3.95. The minimum Gasteiger partial charge on any atom is -0.376 e. The summed E-state index contributed by atoms with van der Waals surface area (Å²) in [5.74, 6) is -3.80. The molecule has 19 heavy (non-hydrogen) atoms. The van der Waals surface area contributed by atoms with Gasteiger partial charge in [0, 0.05) is 29.3 Å². The van der Waals surface area contributed by atoms with Gasteiger partial charge in [-0.3, -0.25) is 0 Å². The van der Waals surface area contributed by atoms with Gasteiger partial charge in [-0.15, -0.1) is 0 Å². The van der Waals surface area contributed by atoms with Gasteiger partial charge in [0.05, 0.1) is 0 Å². The van der Waals surface area contributed by atoms with Crippen LogP contribution in [-0.2, 0) is 6.54 Å². The van der Waals surface area contributed by atoms with Crippen molar-refractivity contribution in [3.63, 3.8) is 0 Å². The van der Waals surface area contributed by atoms with Gasteiger partial charge in [0.2, 0.25) is 0 Å². The smallest absolute Gasteiger partial charge is 0.152 e. The molecule has 0 radical (unpaired) electrons. The maximum Gasteiger partial charge on any atom is 0.152 e. The third kappa shape index (κ3) is 2.98. The van der Waals surface area contributed by atoms with Gasteiger partial charge in [0.25, 0.3) is 0 Å². The van der Waals surface area contributed by atoms with Crippen LogP contribution in [0.15, 0.2) is 30.3 Å². The van der Waals surface area contributed by atoms with Gasteiger partial charge in [-0.05, 0) is 12.1 Å². The lowest BCUT2D eigenvalue weighted by atomic mass is 10.2. The summed E-state index contributed by atoms with van der Waals surface area (Å²) in [6.45, 7) is -0.217. The van der Waals surface area contributed by atoms with Crippen LogP contribution in [0, 0.1) is 23.3 Å². The Hall–Kier alpha value is -1.75. The fraction of sp³-hybridized carbons (Fsp3) is 0.0769. The maximum absolute atomic E-state index is 13.4. The van der Waals surface area contributed by atoms with Crippen LogP contribution < -0.4 is 5.32 Å². The molecule has 0 amide bonds. The van der Waals surface area contributed by atoms with Crippen molar-refractivity contribution in [1.29, 1.82) is 0 Å². The van der Waals surface area contributed by atoms with E-state index in [-0.39, 0.29) is 17.1 Å². The Morgan fingerprint density at radius 3 is 2.16 bits per heavy atom. The van der Waals surface area contributed by atoms with E-state index in [1.165, 1.54) is 18.2 Å². The zero-order valence-corrected chi connectivity index (χ0v) is 10.2. The fourth-order valence-corrected chi connectivity index (χ4v) is 1.82. The Balaban J connectivity index is 2.24. The van der Waals surface area contributed by atoms with E-state index in [9.17, 15) is 17.6 Å². The molecule has 2 aromatic carbocycles. The summed E-state index contributed by atoms with van der Waals surface area (Å²) in [5, 5.41) is 2.50. The van der Waals surface area contributed by atoms with Gasteiger partial charge >= 0.3 is 0 Å². The van der Waals surface area contributed by atoms with Gasteiger partial charge < -0.3 is 5.32 Å². The van der Waals surface area contributed by atoms with Crippen molar-refractivity contribution in [3.8, 4) is 0 Å². The molecule has 1 nitrogen and oxygen atoms in total. The van der Waals surface area contributed by atoms with Crippen LogP contribution in [0.3, 0.4) is 0 Å². The van der Waals surface area contributed by atoms with Gasteiger partial charge in [-0.25, -0.2) is 17.6 Å². The lowest BCUT2D eigenvalue weighted by Crippen LogP contribution is -2.06. The third-order valence-electron chi connectivity index (χ3n) is 2.51.